The Morgan fingerprint density at radius 1 is 1.19 bits per heavy atom. The summed E-state index contributed by atoms with van der Waals surface area (Å²) in [7, 11) is 3.25. The Balaban J connectivity index is 2.17. The van der Waals surface area contributed by atoms with Crippen LogP contribution < -0.4 is 9.64 Å². The lowest BCUT2D eigenvalue weighted by atomic mass is 10.0. The second kappa shape index (κ2) is 5.05. The number of ether oxygens (including phenoxy) is 1. The van der Waals surface area contributed by atoms with Crippen LogP contribution in [0, 0.1) is 5.82 Å². The Kier molecular flexibility index (Phi) is 3.22. The number of halogens is 1. The molecule has 3 nitrogen and oxygen atoms in total. The maximum Gasteiger partial charge on any atom is 0.258 e. The second-order valence-electron chi connectivity index (χ2n) is 4.83. The highest BCUT2D eigenvalue weighted by Crippen LogP contribution is 2.37. The first-order valence-electron chi connectivity index (χ1n) is 6.54. The topological polar surface area (TPSA) is 29.5 Å². The summed E-state index contributed by atoms with van der Waals surface area (Å²) in [6.45, 7) is 0. The lowest BCUT2D eigenvalue weighted by molar-refractivity contribution is -0.112. The molecule has 1 amide bonds. The Morgan fingerprint density at radius 3 is 2.71 bits per heavy atom. The Labute approximate surface area is 122 Å². The number of carbonyl (C=O) groups excluding carboxylic acids is 1. The third-order valence-electron chi connectivity index (χ3n) is 3.58. The number of carbonyl (C=O) groups is 1. The number of nitrogens with zero attached hydrogens (tertiary/aromatic N) is 1. The lowest BCUT2D eigenvalue weighted by Crippen LogP contribution is -2.20. The van der Waals surface area contributed by atoms with Gasteiger partial charge in [-0.2, -0.15) is 0 Å². The van der Waals surface area contributed by atoms with Crippen molar-refractivity contribution in [2.75, 3.05) is 19.1 Å². The highest BCUT2D eigenvalue weighted by atomic mass is 19.1. The van der Waals surface area contributed by atoms with Gasteiger partial charge in [0.1, 0.15) is 11.6 Å². The van der Waals surface area contributed by atoms with Crippen LogP contribution in [-0.2, 0) is 4.79 Å². The van der Waals surface area contributed by atoms with Gasteiger partial charge < -0.3 is 9.64 Å². The van der Waals surface area contributed by atoms with Crippen LogP contribution in [0.2, 0.25) is 0 Å². The summed E-state index contributed by atoms with van der Waals surface area (Å²) in [5.41, 5.74) is 2.78. The summed E-state index contributed by atoms with van der Waals surface area (Å²) in [6.07, 6.45) is 1.67. The molecule has 0 aliphatic carbocycles. The standard InChI is InChI=1S/C17H14FNO2/c1-19-15-6-4-3-5-13(15)14(17(19)20)10-11-9-12(18)7-8-16(11)21-2/h3-10H,1-2H3/b14-10+. The molecule has 2 aromatic rings. The van der Waals surface area contributed by atoms with Crippen molar-refractivity contribution in [2.45, 2.75) is 0 Å². The van der Waals surface area contributed by atoms with E-state index >= 15 is 0 Å². The van der Waals surface area contributed by atoms with Crippen LogP contribution in [0.25, 0.3) is 11.6 Å². The van der Waals surface area contributed by atoms with Crippen LogP contribution in [0.5, 0.6) is 5.75 Å². The number of amides is 1. The molecule has 1 aliphatic heterocycles. The molecule has 2 aromatic carbocycles. The fourth-order valence-electron chi connectivity index (χ4n) is 2.51. The van der Waals surface area contributed by atoms with Gasteiger partial charge in [-0.25, -0.2) is 4.39 Å². The van der Waals surface area contributed by atoms with Gasteiger partial charge >= 0.3 is 0 Å². The minimum absolute atomic E-state index is 0.109. The van der Waals surface area contributed by atoms with Gasteiger partial charge in [-0.1, -0.05) is 18.2 Å². The molecular formula is C17H14FNO2. The van der Waals surface area contributed by atoms with Gasteiger partial charge in [0.05, 0.1) is 12.8 Å². The Morgan fingerprint density at radius 2 is 1.95 bits per heavy atom. The van der Waals surface area contributed by atoms with E-state index in [4.69, 9.17) is 4.74 Å². The van der Waals surface area contributed by atoms with Crippen molar-refractivity contribution in [3.05, 3.63) is 59.4 Å². The van der Waals surface area contributed by atoms with Gasteiger partial charge in [-0.15, -0.1) is 0 Å². The van der Waals surface area contributed by atoms with Crippen molar-refractivity contribution in [3.8, 4) is 5.75 Å². The highest BCUT2D eigenvalue weighted by molar-refractivity contribution is 6.35. The van der Waals surface area contributed by atoms with Crippen molar-refractivity contribution in [1.82, 2.24) is 0 Å². The SMILES string of the molecule is COc1ccc(F)cc1/C=C1/C(=O)N(C)c2ccccc21. The summed E-state index contributed by atoms with van der Waals surface area (Å²) in [4.78, 5) is 14.0. The third kappa shape index (κ3) is 2.18. The molecule has 106 valence electrons. The van der Waals surface area contributed by atoms with Gasteiger partial charge in [0.2, 0.25) is 0 Å². The first kappa shape index (κ1) is 13.4. The fourth-order valence-corrected chi connectivity index (χ4v) is 2.51. The zero-order chi connectivity index (χ0) is 15.0. The first-order valence-corrected chi connectivity index (χ1v) is 6.54. The van der Waals surface area contributed by atoms with Crippen LogP contribution in [0.4, 0.5) is 10.1 Å². The predicted molar refractivity (Wildman–Crippen MR) is 80.7 cm³/mol. The van der Waals surface area contributed by atoms with E-state index in [1.807, 2.05) is 24.3 Å². The van der Waals surface area contributed by atoms with E-state index in [0.29, 0.717) is 16.9 Å². The van der Waals surface area contributed by atoms with E-state index in [1.165, 1.54) is 19.2 Å². The van der Waals surface area contributed by atoms with E-state index in [0.717, 1.165) is 11.3 Å². The maximum absolute atomic E-state index is 13.4. The predicted octanol–water partition coefficient (Wildman–Crippen LogP) is 3.35. The van der Waals surface area contributed by atoms with Crippen molar-refractivity contribution in [1.29, 1.82) is 0 Å². The summed E-state index contributed by atoms with van der Waals surface area (Å²) in [5.74, 6) is 0.0565. The van der Waals surface area contributed by atoms with E-state index in [9.17, 15) is 9.18 Å². The zero-order valence-corrected chi connectivity index (χ0v) is 11.8. The monoisotopic (exact) mass is 283 g/mol. The Hall–Kier alpha value is -2.62. The number of hydrogen-bond acceptors (Lipinski definition) is 2. The molecule has 3 rings (SSSR count). The van der Waals surface area contributed by atoms with E-state index < -0.39 is 0 Å². The van der Waals surface area contributed by atoms with Crippen molar-refractivity contribution in [3.63, 3.8) is 0 Å². The van der Waals surface area contributed by atoms with Gasteiger partial charge in [0.25, 0.3) is 5.91 Å². The van der Waals surface area contributed by atoms with Crippen LogP contribution >= 0.6 is 0 Å². The van der Waals surface area contributed by atoms with Gasteiger partial charge in [0, 0.05) is 23.7 Å². The first-order chi connectivity index (χ1) is 10.1. The molecule has 0 atom stereocenters. The smallest absolute Gasteiger partial charge is 0.258 e. The molecule has 0 saturated carbocycles. The van der Waals surface area contributed by atoms with Crippen molar-refractivity contribution >= 4 is 23.2 Å². The van der Waals surface area contributed by atoms with Crippen molar-refractivity contribution in [2.24, 2.45) is 0 Å². The van der Waals surface area contributed by atoms with Crippen LogP contribution in [0.3, 0.4) is 0 Å². The molecule has 1 aliphatic rings. The molecule has 0 fully saturated rings. The summed E-state index contributed by atoms with van der Waals surface area (Å²) in [5, 5.41) is 0. The van der Waals surface area contributed by atoms with Gasteiger partial charge in [-0.3, -0.25) is 4.79 Å². The average molecular weight is 283 g/mol. The largest absolute Gasteiger partial charge is 0.496 e. The highest BCUT2D eigenvalue weighted by Gasteiger charge is 2.29. The number of methoxy groups -OCH3 is 1. The van der Waals surface area contributed by atoms with E-state index in [-0.39, 0.29) is 11.7 Å². The Bertz CT molecular complexity index is 752. The minimum atomic E-state index is -0.366. The summed E-state index contributed by atoms with van der Waals surface area (Å²) in [6, 6.07) is 11.8. The number of rotatable bonds is 2. The molecule has 21 heavy (non-hydrogen) atoms. The molecule has 0 spiro atoms. The molecule has 1 heterocycles. The number of para-hydroxylation sites is 1. The molecule has 4 heteroatoms. The summed E-state index contributed by atoms with van der Waals surface area (Å²) < 4.78 is 18.7. The van der Waals surface area contributed by atoms with E-state index in [2.05, 4.69) is 0 Å². The minimum Gasteiger partial charge on any atom is -0.496 e. The number of fused-ring (bicyclic) bond motifs is 1. The van der Waals surface area contributed by atoms with Crippen LogP contribution in [0.1, 0.15) is 11.1 Å². The molecule has 0 aromatic heterocycles. The molecule has 0 unspecified atom stereocenters. The fraction of sp³-hybridized carbons (Fsp3) is 0.118. The lowest BCUT2D eigenvalue weighted by Gasteiger charge is -2.08. The molecule has 0 bridgehead atoms. The maximum atomic E-state index is 13.4. The van der Waals surface area contributed by atoms with Gasteiger partial charge in [-0.05, 0) is 30.3 Å². The zero-order valence-electron chi connectivity index (χ0n) is 11.8. The molecule has 0 saturated heterocycles. The second-order valence-corrected chi connectivity index (χ2v) is 4.83. The third-order valence-corrected chi connectivity index (χ3v) is 3.58. The van der Waals surface area contributed by atoms with Crippen molar-refractivity contribution < 1.29 is 13.9 Å². The average Bonchev–Trinajstić information content (AvgIpc) is 2.73. The normalized spacial score (nSPS) is 15.5. The van der Waals surface area contributed by atoms with Crippen LogP contribution in [0.15, 0.2) is 42.5 Å². The summed E-state index contributed by atoms with van der Waals surface area (Å²) >= 11 is 0. The van der Waals surface area contributed by atoms with Gasteiger partial charge in [0.15, 0.2) is 0 Å². The van der Waals surface area contributed by atoms with E-state index in [1.54, 1.807) is 24.1 Å². The number of hydrogen-bond donors (Lipinski definition) is 0. The number of benzene rings is 2. The number of likely N-dealkylation sites (N-methyl/N-ethyl adjacent to an activating group) is 1. The molecule has 0 radical (unpaired) electrons. The molecule has 0 N–H and O–H groups in total. The molecular weight excluding hydrogens is 269 g/mol. The number of anilines is 1. The van der Waals surface area contributed by atoms with Crippen LogP contribution in [-0.4, -0.2) is 20.1 Å². The quantitative estimate of drug-likeness (QED) is 0.791.